The second kappa shape index (κ2) is 14.3. The van der Waals surface area contributed by atoms with Crippen molar-refractivity contribution in [1.29, 1.82) is 0 Å². The van der Waals surface area contributed by atoms with Crippen LogP contribution in [0, 0.1) is 31.9 Å². The number of rotatable bonds is 6. The Morgan fingerprint density at radius 3 is 2.08 bits per heavy atom. The maximum absolute atomic E-state index is 4.56. The molecule has 0 bridgehead atoms. The normalized spacial score (nSPS) is 10.9. The number of hydrogen-bond acceptors (Lipinski definition) is 2. The number of aryl methyl sites for hydroxylation is 2. The van der Waals surface area contributed by atoms with E-state index >= 15 is 0 Å². The molecule has 2 heterocycles. The number of hydrogen-bond donors (Lipinski definition) is 0. The van der Waals surface area contributed by atoms with Crippen LogP contribution in [0.5, 0.6) is 0 Å². The van der Waals surface area contributed by atoms with E-state index < -0.39 is 0 Å². The minimum absolute atomic E-state index is 0. The van der Waals surface area contributed by atoms with Crippen molar-refractivity contribution >= 4 is 0 Å². The van der Waals surface area contributed by atoms with Gasteiger partial charge in [-0.3, -0.25) is 0 Å². The quantitative estimate of drug-likeness (QED) is 0.165. The standard InChI is InChI=1S/C20H18N.C17H20N.Ir/c1-20(2,17-11-7-4-8-12-17)18-13-14-21-19(15-18)16-9-5-3-6-10-16;1-12(2)9-16-11-18-17(10-14(16)4)15-7-5-13(3)6-8-15;/h3-9,11-15H,1-2H3;5-7,10-12H,9H2,1-4H3;/q2*-1;. The van der Waals surface area contributed by atoms with Crippen LogP contribution in [0.3, 0.4) is 0 Å². The van der Waals surface area contributed by atoms with Crippen molar-refractivity contribution in [3.05, 3.63) is 143 Å². The Labute approximate surface area is 254 Å². The van der Waals surface area contributed by atoms with Crippen molar-refractivity contribution in [2.45, 2.75) is 53.4 Å². The fourth-order valence-electron chi connectivity index (χ4n) is 4.59. The molecule has 3 heteroatoms. The van der Waals surface area contributed by atoms with Crippen molar-refractivity contribution in [1.82, 2.24) is 9.97 Å². The first-order valence-electron chi connectivity index (χ1n) is 13.7. The molecule has 5 rings (SSSR count). The van der Waals surface area contributed by atoms with E-state index in [0.29, 0.717) is 5.92 Å². The minimum Gasteiger partial charge on any atom is -0.305 e. The Kier molecular flexibility index (Phi) is 11.1. The average Bonchev–Trinajstić information content (AvgIpc) is 2.96. The summed E-state index contributed by atoms with van der Waals surface area (Å²) in [6, 6.07) is 37.7. The van der Waals surface area contributed by atoms with Crippen LogP contribution >= 0.6 is 0 Å². The topological polar surface area (TPSA) is 25.8 Å². The summed E-state index contributed by atoms with van der Waals surface area (Å²) in [4.78, 5) is 9.05. The van der Waals surface area contributed by atoms with Gasteiger partial charge in [-0.15, -0.1) is 71.3 Å². The SMILES string of the molecule is CC(C)(c1ccccc1)c1ccnc(-c2[c-]cccc2)c1.Cc1c[c-]c(-c2cc(C)c(CC(C)C)cn2)cc1.[Ir]. The molecule has 0 aliphatic heterocycles. The molecule has 3 aromatic carbocycles. The van der Waals surface area contributed by atoms with Crippen molar-refractivity contribution in [2.24, 2.45) is 5.92 Å². The molecule has 0 saturated heterocycles. The first-order chi connectivity index (χ1) is 18.7. The molecule has 2 aromatic heterocycles. The van der Waals surface area contributed by atoms with Crippen molar-refractivity contribution in [3.63, 3.8) is 0 Å². The summed E-state index contributed by atoms with van der Waals surface area (Å²) in [6.07, 6.45) is 4.99. The predicted molar refractivity (Wildman–Crippen MR) is 164 cm³/mol. The van der Waals surface area contributed by atoms with E-state index in [4.69, 9.17) is 0 Å². The van der Waals surface area contributed by atoms with Crippen LogP contribution in [-0.4, -0.2) is 9.97 Å². The molecule has 2 nitrogen and oxygen atoms in total. The predicted octanol–water partition coefficient (Wildman–Crippen LogP) is 9.24. The van der Waals surface area contributed by atoms with Crippen molar-refractivity contribution in [3.8, 4) is 22.5 Å². The molecule has 0 N–H and O–H groups in total. The van der Waals surface area contributed by atoms with Crippen LogP contribution in [0.25, 0.3) is 22.5 Å². The molecule has 1 radical (unpaired) electrons. The summed E-state index contributed by atoms with van der Waals surface area (Å²) < 4.78 is 0. The minimum atomic E-state index is -0.0479. The zero-order valence-electron chi connectivity index (χ0n) is 24.3. The zero-order valence-corrected chi connectivity index (χ0v) is 26.7. The smallest absolute Gasteiger partial charge is 0.0195 e. The Bertz CT molecular complexity index is 1470. The summed E-state index contributed by atoms with van der Waals surface area (Å²) in [5.74, 6) is 0.669. The Morgan fingerprint density at radius 1 is 0.750 bits per heavy atom. The molecule has 40 heavy (non-hydrogen) atoms. The summed E-state index contributed by atoms with van der Waals surface area (Å²) in [5.41, 5.74) is 10.5. The van der Waals surface area contributed by atoms with Gasteiger partial charge in [0.2, 0.25) is 0 Å². The van der Waals surface area contributed by atoms with Gasteiger partial charge in [0.05, 0.1) is 0 Å². The first-order valence-corrected chi connectivity index (χ1v) is 13.7. The van der Waals surface area contributed by atoms with Crippen LogP contribution < -0.4 is 0 Å². The summed E-state index contributed by atoms with van der Waals surface area (Å²) in [7, 11) is 0. The van der Waals surface area contributed by atoms with Crippen LogP contribution in [0.2, 0.25) is 0 Å². The van der Waals surface area contributed by atoms with Gasteiger partial charge in [0.1, 0.15) is 0 Å². The van der Waals surface area contributed by atoms with Crippen LogP contribution in [0.4, 0.5) is 0 Å². The molecule has 0 unspecified atom stereocenters. The van der Waals surface area contributed by atoms with Gasteiger partial charge in [-0.25, -0.2) is 0 Å². The third-order valence-corrected chi connectivity index (χ3v) is 7.05. The second-order valence-electron chi connectivity index (χ2n) is 11.1. The largest absolute Gasteiger partial charge is 0.305 e. The Morgan fingerprint density at radius 2 is 1.45 bits per heavy atom. The van der Waals surface area contributed by atoms with Gasteiger partial charge >= 0.3 is 0 Å². The van der Waals surface area contributed by atoms with Gasteiger partial charge in [0, 0.05) is 37.9 Å². The molecule has 0 aliphatic rings. The number of benzene rings is 3. The van der Waals surface area contributed by atoms with Gasteiger partial charge in [-0.05, 0) is 53.4 Å². The van der Waals surface area contributed by atoms with Crippen LogP contribution in [-0.2, 0) is 31.9 Å². The summed E-state index contributed by atoms with van der Waals surface area (Å²) in [6.45, 7) is 13.2. The molecule has 0 saturated carbocycles. The van der Waals surface area contributed by atoms with Gasteiger partial charge in [0.25, 0.3) is 0 Å². The fraction of sp³-hybridized carbons (Fsp3) is 0.243. The fourth-order valence-corrected chi connectivity index (χ4v) is 4.59. The Hall–Kier alpha value is -3.39. The monoisotopic (exact) mass is 703 g/mol. The van der Waals surface area contributed by atoms with E-state index in [1.807, 2.05) is 42.7 Å². The van der Waals surface area contributed by atoms with E-state index in [1.165, 1.54) is 27.8 Å². The third kappa shape index (κ3) is 8.07. The number of pyridine rings is 2. The summed E-state index contributed by atoms with van der Waals surface area (Å²) >= 11 is 0. The van der Waals surface area contributed by atoms with Gasteiger partial charge < -0.3 is 9.97 Å². The maximum Gasteiger partial charge on any atom is 0.0195 e. The van der Waals surface area contributed by atoms with Crippen molar-refractivity contribution < 1.29 is 20.1 Å². The molecular weight excluding hydrogens is 665 g/mol. The van der Waals surface area contributed by atoms with Crippen molar-refractivity contribution in [2.75, 3.05) is 0 Å². The van der Waals surface area contributed by atoms with E-state index in [2.05, 4.69) is 124 Å². The molecule has 5 aromatic rings. The molecule has 0 aliphatic carbocycles. The maximum atomic E-state index is 4.56. The van der Waals surface area contributed by atoms with E-state index in [9.17, 15) is 0 Å². The average molecular weight is 703 g/mol. The van der Waals surface area contributed by atoms with Gasteiger partial charge in [-0.1, -0.05) is 82.6 Å². The third-order valence-electron chi connectivity index (χ3n) is 7.05. The molecule has 0 spiro atoms. The number of aromatic nitrogens is 2. The molecule has 0 atom stereocenters. The molecule has 207 valence electrons. The van der Waals surface area contributed by atoms with Gasteiger partial charge in [0.15, 0.2) is 0 Å². The Balaban J connectivity index is 0.000000218. The van der Waals surface area contributed by atoms with Gasteiger partial charge in [-0.2, -0.15) is 0 Å². The van der Waals surface area contributed by atoms with Crippen LogP contribution in [0.1, 0.15) is 55.5 Å². The van der Waals surface area contributed by atoms with E-state index in [-0.39, 0.29) is 25.5 Å². The second-order valence-corrected chi connectivity index (χ2v) is 11.1. The zero-order chi connectivity index (χ0) is 27.8. The molecular formula is C37H38IrN2-2. The number of nitrogens with zero attached hydrogens (tertiary/aromatic N) is 2. The molecule has 0 fully saturated rings. The van der Waals surface area contributed by atoms with E-state index in [0.717, 1.165) is 28.9 Å². The van der Waals surface area contributed by atoms with Crippen LogP contribution in [0.15, 0.2) is 103 Å². The molecule has 0 amide bonds. The summed E-state index contributed by atoms with van der Waals surface area (Å²) in [5, 5.41) is 0. The van der Waals surface area contributed by atoms with E-state index in [1.54, 1.807) is 0 Å². The first kappa shape index (κ1) is 31.1.